The van der Waals surface area contributed by atoms with Gasteiger partial charge in [-0.25, -0.2) is 0 Å². The molecule has 138 valence electrons. The zero-order valence-corrected chi connectivity index (χ0v) is 15.2. The number of carbonyl (C=O) groups is 2. The van der Waals surface area contributed by atoms with E-state index in [9.17, 15) is 14.7 Å². The molecule has 1 aromatic carbocycles. The Labute approximate surface area is 156 Å². The molecule has 0 bridgehead atoms. The van der Waals surface area contributed by atoms with Crippen molar-refractivity contribution in [2.24, 2.45) is 0 Å². The molecule has 1 atom stereocenters. The Bertz CT molecular complexity index is 821. The first kappa shape index (κ1) is 18.4. The molecule has 0 aliphatic carbocycles. The molecular formula is C18H21ClN4O3. The highest BCUT2D eigenvalue weighted by Gasteiger charge is 2.26. The highest BCUT2D eigenvalue weighted by Crippen LogP contribution is 2.19. The summed E-state index contributed by atoms with van der Waals surface area (Å²) < 4.78 is 1.39. The Balaban J connectivity index is 1.86. The number of β-amino-alcohol motifs (C(OH)–C–C–N with tert-alkyl or cyclic N) is 1. The normalized spacial score (nSPS) is 16.6. The van der Waals surface area contributed by atoms with Gasteiger partial charge in [-0.3, -0.25) is 14.3 Å². The van der Waals surface area contributed by atoms with Gasteiger partial charge in [-0.15, -0.1) is 0 Å². The van der Waals surface area contributed by atoms with Crippen molar-refractivity contribution in [2.45, 2.75) is 32.5 Å². The van der Waals surface area contributed by atoms with Gasteiger partial charge >= 0.3 is 0 Å². The first-order valence-electron chi connectivity index (χ1n) is 8.56. The second kappa shape index (κ2) is 7.88. The molecule has 0 saturated carbocycles. The quantitative estimate of drug-likeness (QED) is 0.831. The second-order valence-corrected chi connectivity index (χ2v) is 6.69. The van der Waals surface area contributed by atoms with Gasteiger partial charge in [0.05, 0.1) is 12.6 Å². The summed E-state index contributed by atoms with van der Waals surface area (Å²) >= 11 is 6.22. The maximum atomic E-state index is 13.0. The van der Waals surface area contributed by atoms with Crippen molar-refractivity contribution in [3.63, 3.8) is 0 Å². The van der Waals surface area contributed by atoms with E-state index < -0.39 is 6.10 Å². The number of nitrogens with one attached hydrogen (secondary N) is 1. The van der Waals surface area contributed by atoms with E-state index in [0.717, 1.165) is 12.0 Å². The Hall–Kier alpha value is -2.38. The van der Waals surface area contributed by atoms with E-state index in [2.05, 4.69) is 10.4 Å². The van der Waals surface area contributed by atoms with Crippen LogP contribution in [0.3, 0.4) is 0 Å². The molecule has 2 amide bonds. The van der Waals surface area contributed by atoms with Crippen molar-refractivity contribution in [1.82, 2.24) is 20.0 Å². The molecule has 2 N–H and O–H groups in total. The lowest BCUT2D eigenvalue weighted by Crippen LogP contribution is -2.32. The Morgan fingerprint density at radius 2 is 2.23 bits per heavy atom. The number of aliphatic hydroxyl groups excluding tert-OH is 1. The summed E-state index contributed by atoms with van der Waals surface area (Å²) in [4.78, 5) is 26.7. The first-order chi connectivity index (χ1) is 12.5. The molecule has 1 aliphatic heterocycles. The van der Waals surface area contributed by atoms with Crippen molar-refractivity contribution >= 4 is 23.4 Å². The van der Waals surface area contributed by atoms with Crippen LogP contribution in [0.2, 0.25) is 5.02 Å². The number of aromatic nitrogens is 2. The van der Waals surface area contributed by atoms with Crippen LogP contribution in [-0.2, 0) is 13.1 Å². The van der Waals surface area contributed by atoms with Gasteiger partial charge in [-0.2, -0.15) is 5.10 Å². The fraction of sp³-hybridized carbons (Fsp3) is 0.389. The van der Waals surface area contributed by atoms with Gasteiger partial charge in [0, 0.05) is 30.7 Å². The minimum absolute atomic E-state index is 0.166. The van der Waals surface area contributed by atoms with E-state index in [1.165, 1.54) is 10.7 Å². The van der Waals surface area contributed by atoms with Crippen molar-refractivity contribution in [1.29, 1.82) is 0 Å². The van der Waals surface area contributed by atoms with Crippen molar-refractivity contribution < 1.29 is 14.7 Å². The molecular weight excluding hydrogens is 356 g/mol. The van der Waals surface area contributed by atoms with E-state index in [0.29, 0.717) is 18.1 Å². The lowest BCUT2D eigenvalue weighted by molar-refractivity contribution is 0.0735. The number of hydrogen-bond acceptors (Lipinski definition) is 4. The molecule has 2 aromatic rings. The molecule has 8 heteroatoms. The second-order valence-electron chi connectivity index (χ2n) is 6.28. The van der Waals surface area contributed by atoms with Gasteiger partial charge in [0.25, 0.3) is 11.8 Å². The number of halogens is 1. The number of fused-ring (bicyclic) bond motifs is 1. The van der Waals surface area contributed by atoms with Crippen LogP contribution in [0.1, 0.15) is 39.9 Å². The topological polar surface area (TPSA) is 87.5 Å². The van der Waals surface area contributed by atoms with Crippen molar-refractivity contribution in [3.05, 3.63) is 52.3 Å². The van der Waals surface area contributed by atoms with Crippen LogP contribution in [0.15, 0.2) is 30.3 Å². The smallest absolute Gasteiger partial charge is 0.274 e. The standard InChI is InChI=1S/C18H21ClN4O3/c1-2-7-22(10-12-5-3-4-6-14(12)19)18(26)15-8-16-17(25)20-9-13(24)11-23(16)21-15/h3-6,8,13,24H,2,7,9-11H2,1H3,(H,20,25). The van der Waals surface area contributed by atoms with Gasteiger partial charge < -0.3 is 15.3 Å². The number of benzene rings is 1. The predicted octanol–water partition coefficient (Wildman–Crippen LogP) is 1.69. The summed E-state index contributed by atoms with van der Waals surface area (Å²) in [5.41, 5.74) is 1.31. The summed E-state index contributed by atoms with van der Waals surface area (Å²) in [5, 5.41) is 17.3. The summed E-state index contributed by atoms with van der Waals surface area (Å²) in [6, 6.07) is 8.86. The Morgan fingerprint density at radius 3 is 2.96 bits per heavy atom. The molecule has 2 heterocycles. The third kappa shape index (κ3) is 3.89. The van der Waals surface area contributed by atoms with Crippen LogP contribution in [0.5, 0.6) is 0 Å². The fourth-order valence-corrected chi connectivity index (χ4v) is 3.12. The Kier molecular flexibility index (Phi) is 5.58. The average Bonchev–Trinajstić information content (AvgIpc) is 2.98. The molecule has 3 rings (SSSR count). The van der Waals surface area contributed by atoms with E-state index >= 15 is 0 Å². The number of amides is 2. The van der Waals surface area contributed by atoms with E-state index in [1.807, 2.05) is 25.1 Å². The van der Waals surface area contributed by atoms with Crippen LogP contribution in [0.4, 0.5) is 0 Å². The number of carbonyl (C=O) groups excluding carboxylic acids is 2. The van der Waals surface area contributed by atoms with E-state index in [1.54, 1.807) is 11.0 Å². The third-order valence-corrected chi connectivity index (χ3v) is 4.58. The summed E-state index contributed by atoms with van der Waals surface area (Å²) in [6.45, 7) is 3.23. The molecule has 0 spiro atoms. The third-order valence-electron chi connectivity index (χ3n) is 4.21. The summed E-state index contributed by atoms with van der Waals surface area (Å²) in [7, 11) is 0. The van der Waals surface area contributed by atoms with Crippen LogP contribution in [0.25, 0.3) is 0 Å². The van der Waals surface area contributed by atoms with Gasteiger partial charge in [0.1, 0.15) is 5.69 Å². The minimum atomic E-state index is -0.738. The first-order valence-corrected chi connectivity index (χ1v) is 8.94. The lowest BCUT2D eigenvalue weighted by Gasteiger charge is -2.22. The number of rotatable bonds is 5. The molecule has 0 saturated heterocycles. The zero-order valence-electron chi connectivity index (χ0n) is 14.5. The maximum Gasteiger partial charge on any atom is 0.274 e. The fourth-order valence-electron chi connectivity index (χ4n) is 2.93. The maximum absolute atomic E-state index is 13.0. The van der Waals surface area contributed by atoms with Gasteiger partial charge in [-0.05, 0) is 18.1 Å². The van der Waals surface area contributed by atoms with Crippen molar-refractivity contribution in [3.8, 4) is 0 Å². The number of nitrogens with zero attached hydrogens (tertiary/aromatic N) is 3. The number of hydrogen-bond donors (Lipinski definition) is 2. The molecule has 0 radical (unpaired) electrons. The molecule has 1 aliphatic rings. The molecule has 1 unspecified atom stereocenters. The number of aliphatic hydroxyl groups is 1. The minimum Gasteiger partial charge on any atom is -0.389 e. The average molecular weight is 377 g/mol. The molecule has 0 fully saturated rings. The largest absolute Gasteiger partial charge is 0.389 e. The van der Waals surface area contributed by atoms with Gasteiger partial charge in [-0.1, -0.05) is 36.7 Å². The molecule has 1 aromatic heterocycles. The van der Waals surface area contributed by atoms with Crippen LogP contribution < -0.4 is 5.32 Å². The lowest BCUT2D eigenvalue weighted by atomic mass is 10.2. The SMILES string of the molecule is CCCN(Cc1ccccc1Cl)C(=O)c1cc2n(n1)CC(O)CNC2=O. The van der Waals surface area contributed by atoms with E-state index in [4.69, 9.17) is 11.6 Å². The van der Waals surface area contributed by atoms with Crippen molar-refractivity contribution in [2.75, 3.05) is 13.1 Å². The monoisotopic (exact) mass is 376 g/mol. The van der Waals surface area contributed by atoms with Crippen LogP contribution >= 0.6 is 11.6 Å². The molecule has 26 heavy (non-hydrogen) atoms. The molecule has 7 nitrogen and oxygen atoms in total. The predicted molar refractivity (Wildman–Crippen MR) is 97.1 cm³/mol. The zero-order chi connectivity index (χ0) is 18.7. The highest BCUT2D eigenvalue weighted by molar-refractivity contribution is 6.31. The van der Waals surface area contributed by atoms with Crippen LogP contribution in [-0.4, -0.2) is 50.8 Å². The highest BCUT2D eigenvalue weighted by atomic mass is 35.5. The Morgan fingerprint density at radius 1 is 1.46 bits per heavy atom. The summed E-state index contributed by atoms with van der Waals surface area (Å²) in [5.74, 6) is -0.615. The van der Waals surface area contributed by atoms with Crippen LogP contribution in [0, 0.1) is 0 Å². The van der Waals surface area contributed by atoms with Gasteiger partial charge in [0.2, 0.25) is 0 Å². The summed E-state index contributed by atoms with van der Waals surface area (Å²) in [6.07, 6.45) is 0.0427. The van der Waals surface area contributed by atoms with Gasteiger partial charge in [0.15, 0.2) is 5.69 Å². The van der Waals surface area contributed by atoms with E-state index in [-0.39, 0.29) is 36.3 Å².